The highest BCUT2D eigenvalue weighted by molar-refractivity contribution is 7.89. The number of esters is 1. The Morgan fingerprint density at radius 1 is 1.16 bits per heavy atom. The molecule has 1 amide bonds. The Labute approximate surface area is 184 Å². The maximum Gasteiger partial charge on any atom is 0.338 e. The van der Waals surface area contributed by atoms with Crippen molar-refractivity contribution in [3.63, 3.8) is 0 Å². The van der Waals surface area contributed by atoms with Crippen LogP contribution in [-0.4, -0.2) is 45.0 Å². The third-order valence-electron chi connectivity index (χ3n) is 4.10. The first-order chi connectivity index (χ1) is 14.9. The van der Waals surface area contributed by atoms with E-state index in [2.05, 4.69) is 10.0 Å². The van der Waals surface area contributed by atoms with Crippen molar-refractivity contribution in [2.24, 2.45) is 0 Å². The number of sulfonamides is 1. The molecule has 0 spiro atoms. The van der Waals surface area contributed by atoms with Crippen molar-refractivity contribution in [1.29, 1.82) is 0 Å². The van der Waals surface area contributed by atoms with Gasteiger partial charge >= 0.3 is 5.97 Å². The van der Waals surface area contributed by atoms with E-state index in [4.69, 9.17) is 9.47 Å². The average Bonchev–Trinajstić information content (AvgIpc) is 2.71. The lowest BCUT2D eigenvalue weighted by Crippen LogP contribution is -2.30. The topological polar surface area (TPSA) is 154 Å². The van der Waals surface area contributed by atoms with Crippen molar-refractivity contribution < 1.29 is 32.4 Å². The molecule has 12 heteroatoms. The van der Waals surface area contributed by atoms with Crippen LogP contribution in [0.3, 0.4) is 0 Å². The fourth-order valence-electron chi connectivity index (χ4n) is 2.68. The van der Waals surface area contributed by atoms with Crippen LogP contribution in [0.2, 0.25) is 0 Å². The molecule has 11 nitrogen and oxygen atoms in total. The number of hydrogen-bond donors (Lipinski definition) is 2. The van der Waals surface area contributed by atoms with Crippen molar-refractivity contribution in [3.05, 3.63) is 57.6 Å². The van der Waals surface area contributed by atoms with Crippen LogP contribution in [0.15, 0.2) is 41.3 Å². The number of nitro groups is 1. The summed E-state index contributed by atoms with van der Waals surface area (Å²) in [5.74, 6) is -1.62. The summed E-state index contributed by atoms with van der Waals surface area (Å²) in [6.07, 6.45) is 0. The average molecular weight is 465 g/mol. The Balaban J connectivity index is 2.11. The quantitative estimate of drug-likeness (QED) is 0.325. The molecule has 2 aromatic carbocycles. The molecule has 0 saturated carbocycles. The van der Waals surface area contributed by atoms with Gasteiger partial charge in [0.25, 0.3) is 11.6 Å². The zero-order valence-electron chi connectivity index (χ0n) is 17.9. The number of carbonyl (C=O) groups is 2. The second-order valence-corrected chi connectivity index (χ2v) is 8.71. The van der Waals surface area contributed by atoms with Crippen LogP contribution >= 0.6 is 0 Å². The van der Waals surface area contributed by atoms with Gasteiger partial charge in [-0.15, -0.1) is 0 Å². The van der Waals surface area contributed by atoms with Crippen LogP contribution in [0, 0.1) is 17.0 Å². The zero-order valence-corrected chi connectivity index (χ0v) is 18.7. The number of methoxy groups -OCH3 is 1. The van der Waals surface area contributed by atoms with Crippen molar-refractivity contribution in [2.75, 3.05) is 19.0 Å². The van der Waals surface area contributed by atoms with Gasteiger partial charge < -0.3 is 14.8 Å². The Hall–Kier alpha value is -3.51. The fourth-order valence-corrected chi connectivity index (χ4v) is 4.13. The Morgan fingerprint density at radius 3 is 2.44 bits per heavy atom. The molecule has 0 aliphatic carbocycles. The van der Waals surface area contributed by atoms with Crippen molar-refractivity contribution in [1.82, 2.24) is 4.72 Å². The molecular weight excluding hydrogens is 442 g/mol. The van der Waals surface area contributed by atoms with E-state index in [1.54, 1.807) is 20.8 Å². The predicted molar refractivity (Wildman–Crippen MR) is 115 cm³/mol. The first-order valence-electron chi connectivity index (χ1n) is 9.37. The third kappa shape index (κ3) is 6.25. The molecule has 2 N–H and O–H groups in total. The first kappa shape index (κ1) is 24.8. The highest BCUT2D eigenvalue weighted by Gasteiger charge is 2.23. The molecule has 0 aliphatic rings. The normalized spacial score (nSPS) is 11.2. The summed E-state index contributed by atoms with van der Waals surface area (Å²) in [7, 11) is -2.67. The molecule has 0 aliphatic heterocycles. The maximum absolute atomic E-state index is 12.5. The molecule has 2 rings (SSSR count). The predicted octanol–water partition coefficient (Wildman–Crippen LogP) is 2.39. The number of amides is 1. The number of nitrogens with one attached hydrogen (secondary N) is 2. The molecule has 2 aromatic rings. The van der Waals surface area contributed by atoms with Crippen LogP contribution < -0.4 is 14.8 Å². The molecule has 32 heavy (non-hydrogen) atoms. The molecule has 0 atom stereocenters. The van der Waals surface area contributed by atoms with Gasteiger partial charge in [0.05, 0.1) is 17.6 Å². The van der Waals surface area contributed by atoms with Crippen molar-refractivity contribution in [2.45, 2.75) is 31.7 Å². The van der Waals surface area contributed by atoms with Crippen LogP contribution in [0.5, 0.6) is 5.75 Å². The minimum Gasteiger partial charge on any atom is -0.495 e. The van der Waals surface area contributed by atoms with E-state index < -0.39 is 33.4 Å². The molecule has 0 bridgehead atoms. The minimum atomic E-state index is -3.96. The molecule has 0 aromatic heterocycles. The summed E-state index contributed by atoms with van der Waals surface area (Å²) in [4.78, 5) is 34.6. The van der Waals surface area contributed by atoms with E-state index in [-0.39, 0.29) is 33.6 Å². The van der Waals surface area contributed by atoms with Gasteiger partial charge in [0, 0.05) is 23.4 Å². The summed E-state index contributed by atoms with van der Waals surface area (Å²) in [6.45, 7) is 4.16. The number of rotatable bonds is 9. The van der Waals surface area contributed by atoms with Crippen molar-refractivity contribution in [3.8, 4) is 5.75 Å². The van der Waals surface area contributed by atoms with Gasteiger partial charge in [-0.25, -0.2) is 17.9 Å². The fraction of sp³-hybridized carbons (Fsp3) is 0.300. The number of nitro benzene ring substituents is 1. The van der Waals surface area contributed by atoms with Crippen LogP contribution in [0.25, 0.3) is 0 Å². The standard InChI is InChI=1S/C20H23N3O8S/c1-12(2)22-32(28,29)18-9-14(6-8-17(18)30-4)20(25)31-11-19(24)21-15-7-5-13(3)16(10-15)23(26)27/h5-10,12,22H,11H2,1-4H3,(H,21,24). The van der Waals surface area contributed by atoms with E-state index in [1.807, 2.05) is 0 Å². The second kappa shape index (κ2) is 10.2. The highest BCUT2D eigenvalue weighted by Crippen LogP contribution is 2.26. The molecule has 172 valence electrons. The molecule has 0 heterocycles. The van der Waals surface area contributed by atoms with E-state index in [0.29, 0.717) is 5.56 Å². The Kier molecular flexibility index (Phi) is 7.89. The van der Waals surface area contributed by atoms with Gasteiger partial charge in [-0.1, -0.05) is 6.07 Å². The lowest BCUT2D eigenvalue weighted by molar-refractivity contribution is -0.385. The summed E-state index contributed by atoms with van der Waals surface area (Å²) in [5, 5.41) is 13.4. The molecule has 0 fully saturated rings. The second-order valence-electron chi connectivity index (χ2n) is 7.02. The molecular formula is C20H23N3O8S. The first-order valence-corrected chi connectivity index (χ1v) is 10.8. The number of benzene rings is 2. The van der Waals surface area contributed by atoms with E-state index in [9.17, 15) is 28.1 Å². The van der Waals surface area contributed by atoms with Gasteiger partial charge in [-0.05, 0) is 45.0 Å². The zero-order chi connectivity index (χ0) is 24.1. The lowest BCUT2D eigenvalue weighted by Gasteiger charge is -2.14. The number of nitrogens with zero attached hydrogens (tertiary/aromatic N) is 1. The summed E-state index contributed by atoms with van der Waals surface area (Å²) >= 11 is 0. The van der Waals surface area contributed by atoms with E-state index in [1.165, 1.54) is 37.4 Å². The monoisotopic (exact) mass is 465 g/mol. The highest BCUT2D eigenvalue weighted by atomic mass is 32.2. The lowest BCUT2D eigenvalue weighted by atomic mass is 10.2. The van der Waals surface area contributed by atoms with Crippen LogP contribution in [-0.2, 0) is 19.6 Å². The number of anilines is 1. The Morgan fingerprint density at radius 2 is 1.84 bits per heavy atom. The SMILES string of the molecule is COc1ccc(C(=O)OCC(=O)Nc2ccc(C)c([N+](=O)[O-])c2)cc1S(=O)(=O)NC(C)C. The Bertz CT molecular complexity index is 1150. The van der Waals surface area contributed by atoms with Crippen LogP contribution in [0.1, 0.15) is 29.8 Å². The number of carbonyl (C=O) groups excluding carboxylic acids is 2. The third-order valence-corrected chi connectivity index (χ3v) is 5.78. The molecule has 0 radical (unpaired) electrons. The van der Waals surface area contributed by atoms with E-state index in [0.717, 1.165) is 6.07 Å². The smallest absolute Gasteiger partial charge is 0.338 e. The number of hydrogen-bond acceptors (Lipinski definition) is 8. The van der Waals surface area contributed by atoms with E-state index >= 15 is 0 Å². The summed E-state index contributed by atoms with van der Waals surface area (Å²) in [5.41, 5.74) is 0.327. The number of ether oxygens (including phenoxy) is 2. The van der Waals surface area contributed by atoms with Gasteiger partial charge in [0.1, 0.15) is 10.6 Å². The molecule has 0 unspecified atom stereocenters. The largest absolute Gasteiger partial charge is 0.495 e. The maximum atomic E-state index is 12.5. The summed E-state index contributed by atoms with van der Waals surface area (Å²) in [6, 6.07) is 7.45. The van der Waals surface area contributed by atoms with Gasteiger partial charge in [0.2, 0.25) is 10.0 Å². The summed E-state index contributed by atoms with van der Waals surface area (Å²) < 4.78 is 37.4. The van der Waals surface area contributed by atoms with Crippen LogP contribution in [0.4, 0.5) is 11.4 Å². The number of aryl methyl sites for hydroxylation is 1. The van der Waals surface area contributed by atoms with Crippen molar-refractivity contribution >= 4 is 33.3 Å². The van der Waals surface area contributed by atoms with Gasteiger partial charge in [0.15, 0.2) is 6.61 Å². The van der Waals surface area contributed by atoms with Gasteiger partial charge in [-0.3, -0.25) is 14.9 Å². The minimum absolute atomic E-state index is 0.0356. The molecule has 0 saturated heterocycles. The van der Waals surface area contributed by atoms with Gasteiger partial charge in [-0.2, -0.15) is 0 Å².